The van der Waals surface area contributed by atoms with Gasteiger partial charge >= 0.3 is 6.18 Å². The summed E-state index contributed by atoms with van der Waals surface area (Å²) in [7, 11) is 0. The first kappa shape index (κ1) is 10.5. The van der Waals surface area contributed by atoms with Crippen LogP contribution < -0.4 is 0 Å². The molecule has 0 fully saturated rings. The van der Waals surface area contributed by atoms with E-state index in [0.717, 1.165) is 23.1 Å². The van der Waals surface area contributed by atoms with Crippen LogP contribution in [-0.4, -0.2) is 11.2 Å². The third-order valence-electron chi connectivity index (χ3n) is 1.91. The Hall–Kier alpha value is -0.580. The Bertz CT molecular complexity index is 283. The first-order chi connectivity index (χ1) is 5.82. The molecule has 0 aliphatic heterocycles. The number of thiazole rings is 1. The summed E-state index contributed by atoms with van der Waals surface area (Å²) < 4.78 is 36.7. The van der Waals surface area contributed by atoms with E-state index in [0.29, 0.717) is 5.69 Å². The summed E-state index contributed by atoms with van der Waals surface area (Å²) >= 11 is 1.12. The number of nitrogens with zero attached hydrogens (tertiary/aromatic N) is 1. The molecule has 74 valence electrons. The molecular formula is C8H10F3NS. The standard InChI is InChI=1S/C8H10F3NS/c1-4(8(9,10)11)7-12-5(2)6(3)13-7/h4H,1-3H3. The Morgan fingerprint density at radius 2 is 1.85 bits per heavy atom. The molecule has 0 saturated heterocycles. The number of rotatable bonds is 1. The van der Waals surface area contributed by atoms with Crippen LogP contribution in [-0.2, 0) is 0 Å². The summed E-state index contributed by atoms with van der Waals surface area (Å²) in [4.78, 5) is 4.73. The fraction of sp³-hybridized carbons (Fsp3) is 0.625. The summed E-state index contributed by atoms with van der Waals surface area (Å²) in [6.45, 7) is 4.63. The number of aromatic nitrogens is 1. The predicted molar refractivity (Wildman–Crippen MR) is 46.1 cm³/mol. The van der Waals surface area contributed by atoms with E-state index in [9.17, 15) is 13.2 Å². The number of alkyl halides is 3. The highest BCUT2D eigenvalue weighted by atomic mass is 32.1. The third-order valence-corrected chi connectivity index (χ3v) is 3.16. The molecule has 1 atom stereocenters. The molecule has 0 radical (unpaired) electrons. The molecule has 0 bridgehead atoms. The summed E-state index contributed by atoms with van der Waals surface area (Å²) in [6, 6.07) is 0. The van der Waals surface area contributed by atoms with Gasteiger partial charge in [0, 0.05) is 4.88 Å². The number of aryl methyl sites for hydroxylation is 2. The highest BCUT2D eigenvalue weighted by Crippen LogP contribution is 2.36. The largest absolute Gasteiger partial charge is 0.397 e. The van der Waals surface area contributed by atoms with Crippen LogP contribution in [0.25, 0.3) is 0 Å². The quantitative estimate of drug-likeness (QED) is 0.690. The van der Waals surface area contributed by atoms with Crippen LogP contribution in [0.15, 0.2) is 0 Å². The lowest BCUT2D eigenvalue weighted by Crippen LogP contribution is -2.17. The summed E-state index contributed by atoms with van der Waals surface area (Å²) in [5, 5.41) is 0.155. The van der Waals surface area contributed by atoms with Gasteiger partial charge in [0.1, 0.15) is 10.9 Å². The zero-order valence-corrected chi connectivity index (χ0v) is 8.38. The van der Waals surface area contributed by atoms with Crippen LogP contribution in [0.2, 0.25) is 0 Å². The van der Waals surface area contributed by atoms with Crippen LogP contribution in [0.5, 0.6) is 0 Å². The van der Waals surface area contributed by atoms with E-state index in [1.54, 1.807) is 13.8 Å². The smallest absolute Gasteiger partial charge is 0.246 e. The van der Waals surface area contributed by atoms with Crippen molar-refractivity contribution in [3.8, 4) is 0 Å². The van der Waals surface area contributed by atoms with Gasteiger partial charge in [0.15, 0.2) is 0 Å². The van der Waals surface area contributed by atoms with Gasteiger partial charge in [-0.3, -0.25) is 0 Å². The van der Waals surface area contributed by atoms with Gasteiger partial charge < -0.3 is 0 Å². The Morgan fingerprint density at radius 1 is 1.31 bits per heavy atom. The van der Waals surface area contributed by atoms with Crippen LogP contribution in [0.4, 0.5) is 13.2 Å². The average molecular weight is 209 g/mol. The third kappa shape index (κ3) is 2.21. The van der Waals surface area contributed by atoms with Gasteiger partial charge in [-0.05, 0) is 20.8 Å². The molecule has 1 aromatic rings. The van der Waals surface area contributed by atoms with E-state index in [1.165, 1.54) is 0 Å². The van der Waals surface area contributed by atoms with Gasteiger partial charge in [-0.15, -0.1) is 11.3 Å². The topological polar surface area (TPSA) is 12.9 Å². The second-order valence-electron chi connectivity index (χ2n) is 2.96. The van der Waals surface area contributed by atoms with Crippen LogP contribution in [0.3, 0.4) is 0 Å². The Balaban J connectivity index is 2.96. The maximum atomic E-state index is 12.2. The van der Waals surface area contributed by atoms with Crippen LogP contribution in [0, 0.1) is 13.8 Å². The van der Waals surface area contributed by atoms with Crippen molar-refractivity contribution in [3.63, 3.8) is 0 Å². The lowest BCUT2D eigenvalue weighted by molar-refractivity contribution is -0.146. The van der Waals surface area contributed by atoms with Gasteiger partial charge in [0.25, 0.3) is 0 Å². The minimum absolute atomic E-state index is 0.155. The fourth-order valence-electron chi connectivity index (χ4n) is 0.823. The SMILES string of the molecule is Cc1nc(C(C)C(F)(F)F)sc1C. The molecule has 5 heteroatoms. The molecule has 1 unspecified atom stereocenters. The van der Waals surface area contributed by atoms with E-state index in [1.807, 2.05) is 0 Å². The molecule has 0 N–H and O–H groups in total. The first-order valence-electron chi connectivity index (χ1n) is 3.83. The summed E-state index contributed by atoms with van der Waals surface area (Å²) in [5.74, 6) is -1.45. The molecule has 0 saturated carbocycles. The zero-order chi connectivity index (χ0) is 10.2. The van der Waals surface area contributed by atoms with Crippen molar-refractivity contribution in [2.45, 2.75) is 32.9 Å². The van der Waals surface area contributed by atoms with Gasteiger partial charge in [-0.1, -0.05) is 0 Å². The second kappa shape index (κ2) is 3.29. The highest BCUT2D eigenvalue weighted by Gasteiger charge is 2.39. The molecule has 1 aromatic heterocycles. The van der Waals surface area contributed by atoms with Crippen molar-refractivity contribution in [1.82, 2.24) is 4.98 Å². The van der Waals surface area contributed by atoms with E-state index in [-0.39, 0.29) is 5.01 Å². The van der Waals surface area contributed by atoms with Gasteiger partial charge in [0.2, 0.25) is 0 Å². The molecular weight excluding hydrogens is 199 g/mol. The van der Waals surface area contributed by atoms with E-state index in [2.05, 4.69) is 4.98 Å². The molecule has 13 heavy (non-hydrogen) atoms. The monoisotopic (exact) mass is 209 g/mol. The maximum Gasteiger partial charge on any atom is 0.397 e. The molecule has 1 rings (SSSR count). The highest BCUT2D eigenvalue weighted by molar-refractivity contribution is 7.11. The van der Waals surface area contributed by atoms with Crippen LogP contribution in [0.1, 0.15) is 28.4 Å². The lowest BCUT2D eigenvalue weighted by atomic mass is 10.2. The van der Waals surface area contributed by atoms with E-state index < -0.39 is 12.1 Å². The minimum Gasteiger partial charge on any atom is -0.246 e. The van der Waals surface area contributed by atoms with E-state index >= 15 is 0 Å². The lowest BCUT2D eigenvalue weighted by Gasteiger charge is -2.11. The molecule has 1 heterocycles. The molecule has 0 aromatic carbocycles. The molecule has 0 amide bonds. The summed E-state index contributed by atoms with van der Waals surface area (Å²) in [6.07, 6.45) is -4.18. The summed E-state index contributed by atoms with van der Waals surface area (Å²) in [5.41, 5.74) is 0.691. The van der Waals surface area contributed by atoms with Gasteiger partial charge in [-0.25, -0.2) is 4.98 Å². The Morgan fingerprint density at radius 3 is 2.15 bits per heavy atom. The van der Waals surface area contributed by atoms with Gasteiger partial charge in [-0.2, -0.15) is 13.2 Å². The Kier molecular flexibility index (Phi) is 2.66. The van der Waals surface area contributed by atoms with Crippen molar-refractivity contribution < 1.29 is 13.2 Å². The average Bonchev–Trinajstić information content (AvgIpc) is 2.29. The normalized spacial score (nSPS) is 14.6. The Labute approximate surface area is 78.6 Å². The maximum absolute atomic E-state index is 12.2. The van der Waals surface area contributed by atoms with E-state index in [4.69, 9.17) is 0 Å². The molecule has 1 nitrogen and oxygen atoms in total. The van der Waals surface area contributed by atoms with Crippen LogP contribution >= 0.6 is 11.3 Å². The van der Waals surface area contributed by atoms with Crippen molar-refractivity contribution in [2.75, 3.05) is 0 Å². The number of hydrogen-bond donors (Lipinski definition) is 0. The van der Waals surface area contributed by atoms with Gasteiger partial charge in [0.05, 0.1) is 5.69 Å². The molecule has 0 aliphatic rings. The van der Waals surface area contributed by atoms with Crippen molar-refractivity contribution in [3.05, 3.63) is 15.6 Å². The zero-order valence-electron chi connectivity index (χ0n) is 7.57. The number of hydrogen-bond acceptors (Lipinski definition) is 2. The van der Waals surface area contributed by atoms with Crippen molar-refractivity contribution in [2.24, 2.45) is 0 Å². The first-order valence-corrected chi connectivity index (χ1v) is 4.64. The predicted octanol–water partition coefficient (Wildman–Crippen LogP) is 3.43. The number of halogens is 3. The minimum atomic E-state index is -4.18. The molecule has 0 spiro atoms. The fourth-order valence-corrected chi connectivity index (χ4v) is 1.82. The molecule has 0 aliphatic carbocycles. The second-order valence-corrected chi connectivity index (χ2v) is 4.19. The van der Waals surface area contributed by atoms with Crippen molar-refractivity contribution >= 4 is 11.3 Å². The van der Waals surface area contributed by atoms with Crippen molar-refractivity contribution in [1.29, 1.82) is 0 Å².